The number of hydrogen-bond acceptors (Lipinski definition) is 6. The van der Waals surface area contributed by atoms with Crippen LogP contribution < -0.4 is 15.5 Å². The molecular formula is C21H22BrN3O5. The molecule has 0 radical (unpaired) electrons. The molecule has 0 bridgehead atoms. The van der Waals surface area contributed by atoms with Gasteiger partial charge in [-0.3, -0.25) is 9.59 Å². The molecule has 0 fully saturated rings. The topological polar surface area (TPSA) is 106 Å². The third-order valence-electron chi connectivity index (χ3n) is 3.89. The van der Waals surface area contributed by atoms with Crippen LogP contribution in [-0.2, 0) is 14.3 Å². The second-order valence-corrected chi connectivity index (χ2v) is 7.26. The molecule has 2 aromatic rings. The number of anilines is 1. The molecule has 0 unspecified atom stereocenters. The number of hydrogen-bond donors (Lipinski definition) is 2. The highest BCUT2D eigenvalue weighted by Gasteiger charge is 2.14. The van der Waals surface area contributed by atoms with Crippen LogP contribution in [0.1, 0.15) is 29.3 Å². The number of rotatable bonds is 8. The number of nitrogens with one attached hydrogen (secondary N) is 2. The smallest absolute Gasteiger partial charge is 0.339 e. The molecular weight excluding hydrogens is 454 g/mol. The molecule has 2 aromatic carbocycles. The Bertz CT molecular complexity index is 975. The van der Waals surface area contributed by atoms with Crippen molar-refractivity contribution < 1.29 is 23.9 Å². The number of carbonyl (C=O) groups excluding carboxylic acids is 3. The monoisotopic (exact) mass is 475 g/mol. The fourth-order valence-corrected chi connectivity index (χ4v) is 2.93. The highest BCUT2D eigenvalue weighted by atomic mass is 79.9. The molecule has 2 N–H and O–H groups in total. The zero-order valence-electron chi connectivity index (χ0n) is 16.8. The molecule has 8 nitrogen and oxygen atoms in total. The van der Waals surface area contributed by atoms with Crippen LogP contribution in [0, 0.1) is 6.92 Å². The predicted molar refractivity (Wildman–Crippen MR) is 117 cm³/mol. The Morgan fingerprint density at radius 1 is 1.10 bits per heavy atom. The van der Waals surface area contributed by atoms with Crippen molar-refractivity contribution >= 4 is 45.1 Å². The molecule has 0 atom stereocenters. The zero-order chi connectivity index (χ0) is 22.1. The Hall–Kier alpha value is -3.20. The van der Waals surface area contributed by atoms with E-state index in [9.17, 15) is 14.4 Å². The van der Waals surface area contributed by atoms with Gasteiger partial charge in [0.1, 0.15) is 5.75 Å². The summed E-state index contributed by atoms with van der Waals surface area (Å²) in [6.07, 6.45) is -0.0670. The van der Waals surface area contributed by atoms with E-state index in [0.29, 0.717) is 17.1 Å². The van der Waals surface area contributed by atoms with Crippen molar-refractivity contribution in [3.8, 4) is 5.75 Å². The summed E-state index contributed by atoms with van der Waals surface area (Å²) in [7, 11) is 1.27. The highest BCUT2D eigenvalue weighted by Crippen LogP contribution is 2.22. The number of hydrazone groups is 1. The van der Waals surface area contributed by atoms with Gasteiger partial charge in [-0.1, -0.05) is 28.1 Å². The lowest BCUT2D eigenvalue weighted by Gasteiger charge is -2.10. The molecule has 0 aliphatic carbocycles. The molecule has 158 valence electrons. The van der Waals surface area contributed by atoms with Gasteiger partial charge in [0, 0.05) is 10.2 Å². The first-order valence-electron chi connectivity index (χ1n) is 8.98. The van der Waals surface area contributed by atoms with E-state index in [4.69, 9.17) is 9.47 Å². The second-order valence-electron chi connectivity index (χ2n) is 6.34. The maximum absolute atomic E-state index is 12.2. The van der Waals surface area contributed by atoms with Gasteiger partial charge in [-0.05, 0) is 49.7 Å². The maximum Gasteiger partial charge on any atom is 0.339 e. The summed E-state index contributed by atoms with van der Waals surface area (Å²) in [6.45, 7) is 3.26. The predicted octanol–water partition coefficient (Wildman–Crippen LogP) is 3.44. The number of amides is 2. The molecule has 9 heteroatoms. The fourth-order valence-electron chi connectivity index (χ4n) is 2.45. The summed E-state index contributed by atoms with van der Waals surface area (Å²) in [5.74, 6) is -0.793. The van der Waals surface area contributed by atoms with E-state index in [1.165, 1.54) is 7.11 Å². The standard InChI is InChI=1S/C21H22BrN3O5/c1-13-10-15(22)8-9-18(13)30-12-20(27)25-24-14(2)11-19(26)23-17-7-5-4-6-16(17)21(28)29-3/h4-10H,11-12H2,1-3H3,(H,23,26)(H,25,27)/b24-14+. The first-order chi connectivity index (χ1) is 14.3. The number of benzene rings is 2. The fraction of sp³-hybridized carbons (Fsp3) is 0.238. The number of para-hydroxylation sites is 1. The van der Waals surface area contributed by atoms with Crippen LogP contribution in [0.3, 0.4) is 0 Å². The minimum atomic E-state index is -0.551. The molecule has 0 saturated carbocycles. The second kappa shape index (κ2) is 11.1. The lowest BCUT2D eigenvalue weighted by Crippen LogP contribution is -2.26. The number of halogens is 1. The number of carbonyl (C=O) groups is 3. The summed E-state index contributed by atoms with van der Waals surface area (Å²) in [5.41, 5.74) is 4.21. The van der Waals surface area contributed by atoms with Crippen molar-refractivity contribution in [3.63, 3.8) is 0 Å². The number of aryl methyl sites for hydroxylation is 1. The average Bonchev–Trinajstić information content (AvgIpc) is 2.71. The third-order valence-corrected chi connectivity index (χ3v) is 4.38. The van der Waals surface area contributed by atoms with E-state index >= 15 is 0 Å². The molecule has 2 amide bonds. The van der Waals surface area contributed by atoms with Crippen molar-refractivity contribution in [2.45, 2.75) is 20.3 Å². The van der Waals surface area contributed by atoms with Crippen molar-refractivity contribution in [3.05, 3.63) is 58.1 Å². The van der Waals surface area contributed by atoms with Crippen LogP contribution in [0.4, 0.5) is 5.69 Å². The van der Waals surface area contributed by atoms with E-state index in [1.54, 1.807) is 37.3 Å². The van der Waals surface area contributed by atoms with Crippen molar-refractivity contribution in [2.24, 2.45) is 5.10 Å². The van der Waals surface area contributed by atoms with Crippen molar-refractivity contribution in [1.82, 2.24) is 5.43 Å². The van der Waals surface area contributed by atoms with Crippen LogP contribution in [0.2, 0.25) is 0 Å². The zero-order valence-corrected chi connectivity index (χ0v) is 18.4. The van der Waals surface area contributed by atoms with E-state index in [1.807, 2.05) is 19.1 Å². The van der Waals surface area contributed by atoms with Crippen molar-refractivity contribution in [2.75, 3.05) is 19.0 Å². The lowest BCUT2D eigenvalue weighted by molar-refractivity contribution is -0.123. The summed E-state index contributed by atoms with van der Waals surface area (Å²) >= 11 is 3.36. The van der Waals surface area contributed by atoms with Gasteiger partial charge < -0.3 is 14.8 Å². The van der Waals surface area contributed by atoms with Gasteiger partial charge in [0.05, 0.1) is 24.8 Å². The van der Waals surface area contributed by atoms with Gasteiger partial charge in [-0.25, -0.2) is 10.2 Å². The highest BCUT2D eigenvalue weighted by molar-refractivity contribution is 9.10. The molecule has 2 rings (SSSR count). The normalized spacial score (nSPS) is 10.9. The number of ether oxygens (including phenoxy) is 2. The van der Waals surface area contributed by atoms with Gasteiger partial charge in [0.15, 0.2) is 6.61 Å². The van der Waals surface area contributed by atoms with Gasteiger partial charge in [0.25, 0.3) is 5.91 Å². The SMILES string of the molecule is COC(=O)c1ccccc1NC(=O)C/C(C)=N/NC(=O)COc1ccc(Br)cc1C. The minimum absolute atomic E-state index is 0.0670. The van der Waals surface area contributed by atoms with Crippen LogP contribution >= 0.6 is 15.9 Å². The molecule has 0 saturated heterocycles. The molecule has 0 aromatic heterocycles. The molecule has 30 heavy (non-hydrogen) atoms. The van der Waals surface area contributed by atoms with Crippen LogP contribution in [0.5, 0.6) is 5.75 Å². The summed E-state index contributed by atoms with van der Waals surface area (Å²) in [6, 6.07) is 12.0. The van der Waals surface area contributed by atoms with Gasteiger partial charge >= 0.3 is 5.97 Å². The first kappa shape index (κ1) is 23.1. The largest absolute Gasteiger partial charge is 0.483 e. The maximum atomic E-state index is 12.2. The van der Waals surface area contributed by atoms with E-state index in [0.717, 1.165) is 10.0 Å². The van der Waals surface area contributed by atoms with E-state index < -0.39 is 11.9 Å². The Morgan fingerprint density at radius 2 is 1.83 bits per heavy atom. The van der Waals surface area contributed by atoms with Gasteiger partial charge in [-0.15, -0.1) is 0 Å². The Morgan fingerprint density at radius 3 is 2.53 bits per heavy atom. The van der Waals surface area contributed by atoms with E-state index in [2.05, 4.69) is 31.8 Å². The summed E-state index contributed by atoms with van der Waals surface area (Å²) in [5, 5.41) is 6.55. The quantitative estimate of drug-likeness (QED) is 0.345. The first-order valence-corrected chi connectivity index (χ1v) is 9.77. The van der Waals surface area contributed by atoms with Crippen LogP contribution in [0.15, 0.2) is 52.0 Å². The number of nitrogens with zero attached hydrogens (tertiary/aromatic N) is 1. The number of methoxy groups -OCH3 is 1. The van der Waals surface area contributed by atoms with Crippen molar-refractivity contribution in [1.29, 1.82) is 0 Å². The number of esters is 1. The summed E-state index contributed by atoms with van der Waals surface area (Å²) < 4.78 is 11.1. The average molecular weight is 476 g/mol. The Kier molecular flexibility index (Phi) is 8.54. The molecule has 0 aliphatic rings. The van der Waals surface area contributed by atoms with Gasteiger partial charge in [0.2, 0.25) is 5.91 Å². The lowest BCUT2D eigenvalue weighted by atomic mass is 10.1. The van der Waals surface area contributed by atoms with Crippen LogP contribution in [-0.4, -0.2) is 37.2 Å². The Labute approximate surface area is 182 Å². The molecule has 0 spiro atoms. The molecule has 0 aliphatic heterocycles. The third kappa shape index (κ3) is 7.00. The van der Waals surface area contributed by atoms with Gasteiger partial charge in [-0.2, -0.15) is 5.10 Å². The van der Waals surface area contributed by atoms with E-state index in [-0.39, 0.29) is 24.5 Å². The molecule has 0 heterocycles. The van der Waals surface area contributed by atoms with Crippen LogP contribution in [0.25, 0.3) is 0 Å². The minimum Gasteiger partial charge on any atom is -0.483 e. The summed E-state index contributed by atoms with van der Waals surface area (Å²) in [4.78, 5) is 35.9. The Balaban J connectivity index is 1.85.